The number of nitrogens with two attached hydrogens (primary N) is 1. The van der Waals surface area contributed by atoms with E-state index < -0.39 is 5.54 Å². The highest BCUT2D eigenvalue weighted by atomic mass is 16.5. The summed E-state index contributed by atoms with van der Waals surface area (Å²) in [5, 5.41) is 9.46. The van der Waals surface area contributed by atoms with Gasteiger partial charge in [-0.25, -0.2) is 0 Å². The molecule has 0 heterocycles. The van der Waals surface area contributed by atoms with Crippen molar-refractivity contribution in [3.8, 4) is 6.07 Å². The summed E-state index contributed by atoms with van der Waals surface area (Å²) < 4.78 is 10.2. The van der Waals surface area contributed by atoms with E-state index in [0.29, 0.717) is 19.6 Å². The van der Waals surface area contributed by atoms with Crippen molar-refractivity contribution in [2.45, 2.75) is 12.0 Å². The van der Waals surface area contributed by atoms with Crippen LogP contribution in [0.5, 0.6) is 0 Å². The summed E-state index contributed by atoms with van der Waals surface area (Å²) in [6, 6.07) is 11.8. The van der Waals surface area contributed by atoms with Crippen molar-refractivity contribution in [2.75, 3.05) is 47.1 Å². The lowest BCUT2D eigenvalue weighted by atomic mass is 9.89. The van der Waals surface area contributed by atoms with Crippen LogP contribution in [0.25, 0.3) is 0 Å². The molecule has 1 aromatic rings. The van der Waals surface area contributed by atoms with Crippen LogP contribution in [0.15, 0.2) is 30.3 Å². The maximum Gasteiger partial charge on any atom is 0.131 e. The number of hydrogen-bond donors (Lipinski definition) is 1. The largest absolute Gasteiger partial charge is 0.383 e. The van der Waals surface area contributed by atoms with Gasteiger partial charge in [0.25, 0.3) is 0 Å². The number of nitriles is 1. The number of rotatable bonds is 10. The molecule has 0 amide bonds. The number of nitrogens with zero attached hydrogens (tertiary/aromatic N) is 2. The lowest BCUT2D eigenvalue weighted by Crippen LogP contribution is -2.41. The Morgan fingerprint density at radius 2 is 1.67 bits per heavy atom. The Kier molecular flexibility index (Phi) is 7.95. The first-order valence-corrected chi connectivity index (χ1v) is 7.12. The normalized spacial score (nSPS) is 13.9. The molecule has 0 aliphatic rings. The maximum absolute atomic E-state index is 9.46. The topological polar surface area (TPSA) is 71.5 Å². The van der Waals surface area contributed by atoms with Crippen molar-refractivity contribution >= 4 is 0 Å². The predicted octanol–water partition coefficient (Wildman–Crippen LogP) is 1.35. The highest BCUT2D eigenvalue weighted by molar-refractivity contribution is 5.30. The minimum atomic E-state index is -0.959. The molecule has 0 aliphatic carbocycles. The molecule has 1 atom stereocenters. The minimum absolute atomic E-state index is 0.570. The zero-order valence-corrected chi connectivity index (χ0v) is 12.9. The van der Waals surface area contributed by atoms with Gasteiger partial charge in [0.1, 0.15) is 5.54 Å². The van der Waals surface area contributed by atoms with Gasteiger partial charge in [0.15, 0.2) is 0 Å². The summed E-state index contributed by atoms with van der Waals surface area (Å²) in [6.07, 6.45) is 0.570. The third-order valence-corrected chi connectivity index (χ3v) is 3.53. The molecule has 0 saturated heterocycles. The van der Waals surface area contributed by atoms with E-state index >= 15 is 0 Å². The molecule has 21 heavy (non-hydrogen) atoms. The molecule has 1 aromatic carbocycles. The van der Waals surface area contributed by atoms with Gasteiger partial charge in [-0.15, -0.1) is 0 Å². The second kappa shape index (κ2) is 9.48. The molecule has 2 N–H and O–H groups in total. The van der Waals surface area contributed by atoms with Crippen molar-refractivity contribution in [1.82, 2.24) is 4.90 Å². The smallest absolute Gasteiger partial charge is 0.131 e. The van der Waals surface area contributed by atoms with Crippen LogP contribution in [0.2, 0.25) is 0 Å². The Hall–Kier alpha value is -1.45. The average molecular weight is 291 g/mol. The van der Waals surface area contributed by atoms with Crippen molar-refractivity contribution in [1.29, 1.82) is 5.26 Å². The van der Waals surface area contributed by atoms with Gasteiger partial charge in [-0.1, -0.05) is 30.3 Å². The Labute approximate surface area is 127 Å². The summed E-state index contributed by atoms with van der Waals surface area (Å²) in [7, 11) is 3.36. The van der Waals surface area contributed by atoms with Gasteiger partial charge in [-0.3, -0.25) is 4.90 Å². The second-order valence-corrected chi connectivity index (χ2v) is 5.03. The molecule has 0 saturated carbocycles. The number of hydrogen-bond acceptors (Lipinski definition) is 5. The molecule has 116 valence electrons. The van der Waals surface area contributed by atoms with Crippen molar-refractivity contribution in [2.24, 2.45) is 5.73 Å². The maximum atomic E-state index is 9.46. The van der Waals surface area contributed by atoms with Gasteiger partial charge in [0, 0.05) is 33.9 Å². The summed E-state index contributed by atoms with van der Waals surface area (Å²) >= 11 is 0. The predicted molar refractivity (Wildman–Crippen MR) is 82.7 cm³/mol. The van der Waals surface area contributed by atoms with Gasteiger partial charge < -0.3 is 15.2 Å². The fourth-order valence-corrected chi connectivity index (χ4v) is 2.11. The Balaban J connectivity index is 2.64. The van der Waals surface area contributed by atoms with E-state index in [1.54, 1.807) is 14.2 Å². The molecule has 1 unspecified atom stereocenters. The number of methoxy groups -OCH3 is 2. The lowest BCUT2D eigenvalue weighted by molar-refractivity contribution is 0.110. The highest BCUT2D eigenvalue weighted by Gasteiger charge is 2.27. The fourth-order valence-electron chi connectivity index (χ4n) is 2.11. The molecule has 0 aromatic heterocycles. The minimum Gasteiger partial charge on any atom is -0.383 e. The molecule has 0 bridgehead atoms. The Morgan fingerprint density at radius 3 is 2.14 bits per heavy atom. The SMILES string of the molecule is COCCN(CCOC)CCC(N)(C#N)c1ccccc1. The van der Waals surface area contributed by atoms with Crippen LogP contribution in [0.3, 0.4) is 0 Å². The molecule has 5 heteroatoms. The van der Waals surface area contributed by atoms with Crippen molar-refractivity contribution in [3.05, 3.63) is 35.9 Å². The van der Waals surface area contributed by atoms with Crippen molar-refractivity contribution < 1.29 is 9.47 Å². The fraction of sp³-hybridized carbons (Fsp3) is 0.562. The highest BCUT2D eigenvalue weighted by Crippen LogP contribution is 2.21. The van der Waals surface area contributed by atoms with Crippen molar-refractivity contribution in [3.63, 3.8) is 0 Å². The third-order valence-electron chi connectivity index (χ3n) is 3.53. The van der Waals surface area contributed by atoms with E-state index in [0.717, 1.165) is 25.2 Å². The van der Waals surface area contributed by atoms with E-state index in [1.165, 1.54) is 0 Å². The van der Waals surface area contributed by atoms with Crippen LogP contribution in [0.4, 0.5) is 0 Å². The molecule has 0 radical (unpaired) electrons. The first-order valence-electron chi connectivity index (χ1n) is 7.12. The quantitative estimate of drug-likeness (QED) is 0.704. The zero-order valence-electron chi connectivity index (χ0n) is 12.9. The van der Waals surface area contributed by atoms with Crippen LogP contribution in [0.1, 0.15) is 12.0 Å². The van der Waals surface area contributed by atoms with Gasteiger partial charge in [0.05, 0.1) is 19.3 Å². The van der Waals surface area contributed by atoms with E-state index in [9.17, 15) is 5.26 Å². The monoisotopic (exact) mass is 291 g/mol. The molecule has 0 spiro atoms. The zero-order chi connectivity index (χ0) is 15.6. The summed E-state index contributed by atoms with van der Waals surface area (Å²) in [4.78, 5) is 2.20. The van der Waals surface area contributed by atoms with Crippen LogP contribution < -0.4 is 5.73 Å². The van der Waals surface area contributed by atoms with Gasteiger partial charge in [0.2, 0.25) is 0 Å². The number of ether oxygens (including phenoxy) is 2. The first-order chi connectivity index (χ1) is 10.2. The molecule has 5 nitrogen and oxygen atoms in total. The Morgan fingerprint density at radius 1 is 1.10 bits per heavy atom. The van der Waals surface area contributed by atoms with Gasteiger partial charge in [-0.2, -0.15) is 5.26 Å². The van der Waals surface area contributed by atoms with Crippen LogP contribution in [-0.2, 0) is 15.0 Å². The molecule has 0 fully saturated rings. The average Bonchev–Trinajstić information content (AvgIpc) is 2.54. The lowest BCUT2D eigenvalue weighted by Gasteiger charge is -2.27. The molecule has 0 aliphatic heterocycles. The first kappa shape index (κ1) is 17.6. The second-order valence-electron chi connectivity index (χ2n) is 5.03. The Bertz CT molecular complexity index is 425. The summed E-state index contributed by atoms with van der Waals surface area (Å²) in [6.45, 7) is 3.64. The molecular weight excluding hydrogens is 266 g/mol. The van der Waals surface area contributed by atoms with Crippen LogP contribution in [0, 0.1) is 11.3 Å². The summed E-state index contributed by atoms with van der Waals surface area (Å²) in [5.41, 5.74) is 6.17. The standard InChI is InChI=1S/C16H25N3O2/c1-20-12-10-19(11-13-21-2)9-8-16(18,14-17)15-6-4-3-5-7-15/h3-7H,8-13,18H2,1-2H3. The number of benzene rings is 1. The van der Waals surface area contributed by atoms with Gasteiger partial charge in [-0.05, 0) is 12.0 Å². The van der Waals surface area contributed by atoms with E-state index in [4.69, 9.17) is 15.2 Å². The van der Waals surface area contributed by atoms with E-state index in [1.807, 2.05) is 30.3 Å². The van der Waals surface area contributed by atoms with Crippen LogP contribution >= 0.6 is 0 Å². The van der Waals surface area contributed by atoms with E-state index in [2.05, 4.69) is 11.0 Å². The summed E-state index contributed by atoms with van der Waals surface area (Å²) in [5.74, 6) is 0. The van der Waals surface area contributed by atoms with Gasteiger partial charge >= 0.3 is 0 Å². The van der Waals surface area contributed by atoms with E-state index in [-0.39, 0.29) is 0 Å². The van der Waals surface area contributed by atoms with Crippen LogP contribution in [-0.4, -0.2) is 52.0 Å². The molecule has 1 rings (SSSR count). The third kappa shape index (κ3) is 5.82. The molecular formula is C16H25N3O2.